The van der Waals surface area contributed by atoms with Gasteiger partial charge in [0.25, 0.3) is 0 Å². The van der Waals surface area contributed by atoms with Gasteiger partial charge >= 0.3 is 0 Å². The van der Waals surface area contributed by atoms with Gasteiger partial charge in [-0.15, -0.1) is 0 Å². The topological polar surface area (TPSA) is 17.1 Å². The third kappa shape index (κ3) is 0.619. The molecule has 13 heavy (non-hydrogen) atoms. The summed E-state index contributed by atoms with van der Waals surface area (Å²) in [5.41, 5.74) is 0. The lowest BCUT2D eigenvalue weighted by Gasteiger charge is -2.39. The molecule has 5 rings (SSSR count). The van der Waals surface area contributed by atoms with Crippen molar-refractivity contribution in [3.05, 3.63) is 12.2 Å². The standard InChI is InChI=1S/C12H14O/c13-12-8-5-9-10(11(9)12)7-4-2-1-3-6(7)8/h1-2,6-11H,3-5H2/t6-,7+,8-,9+,10+,11+/m1/s1. The normalized spacial score (nSPS) is 60.8. The molecule has 5 aliphatic rings. The highest BCUT2D eigenvalue weighted by atomic mass is 16.1. The van der Waals surface area contributed by atoms with Crippen LogP contribution in [0.1, 0.15) is 19.3 Å². The molecule has 0 aromatic carbocycles. The summed E-state index contributed by atoms with van der Waals surface area (Å²) in [4.78, 5) is 11.8. The molecule has 0 amide bonds. The molecule has 0 aliphatic heterocycles. The highest BCUT2D eigenvalue weighted by molar-refractivity contribution is 5.91. The van der Waals surface area contributed by atoms with Crippen LogP contribution in [0.3, 0.4) is 0 Å². The molecule has 0 unspecified atom stereocenters. The molecule has 1 nitrogen and oxygen atoms in total. The van der Waals surface area contributed by atoms with Gasteiger partial charge in [0.15, 0.2) is 0 Å². The van der Waals surface area contributed by atoms with E-state index >= 15 is 0 Å². The van der Waals surface area contributed by atoms with E-state index in [1.807, 2.05) is 0 Å². The van der Waals surface area contributed by atoms with Crippen molar-refractivity contribution >= 4 is 5.78 Å². The van der Waals surface area contributed by atoms with E-state index < -0.39 is 0 Å². The van der Waals surface area contributed by atoms with Gasteiger partial charge in [-0.05, 0) is 42.9 Å². The van der Waals surface area contributed by atoms with Crippen molar-refractivity contribution < 1.29 is 4.79 Å². The number of Topliss-reactive ketones (excluding diaryl/α,β-unsaturated/α-hetero) is 1. The number of hydrogen-bond acceptors (Lipinski definition) is 1. The van der Waals surface area contributed by atoms with Crippen molar-refractivity contribution in [3.8, 4) is 0 Å². The Morgan fingerprint density at radius 3 is 2.54 bits per heavy atom. The molecule has 0 aromatic heterocycles. The molecular formula is C12H14O. The molecule has 4 fully saturated rings. The van der Waals surface area contributed by atoms with Crippen molar-refractivity contribution in [3.63, 3.8) is 0 Å². The van der Waals surface area contributed by atoms with Crippen LogP contribution in [-0.4, -0.2) is 5.78 Å². The SMILES string of the molecule is O=C1[C@H]2[C@H]3C[C@@H]1[C@@H]1CC=CC[C@@H]1[C@@H]32. The zero-order chi connectivity index (χ0) is 8.58. The van der Waals surface area contributed by atoms with Gasteiger partial charge in [0.2, 0.25) is 0 Å². The van der Waals surface area contributed by atoms with Crippen LogP contribution >= 0.6 is 0 Å². The average molecular weight is 174 g/mol. The zero-order valence-corrected chi connectivity index (χ0v) is 7.65. The van der Waals surface area contributed by atoms with Crippen LogP contribution in [-0.2, 0) is 4.79 Å². The first-order valence-electron chi connectivity index (χ1n) is 5.56. The van der Waals surface area contributed by atoms with Gasteiger partial charge in [0.05, 0.1) is 0 Å². The van der Waals surface area contributed by atoms with Crippen LogP contribution in [0.15, 0.2) is 12.2 Å². The van der Waals surface area contributed by atoms with E-state index in [4.69, 9.17) is 0 Å². The van der Waals surface area contributed by atoms with Gasteiger partial charge in [-0.3, -0.25) is 4.79 Å². The predicted octanol–water partition coefficient (Wildman–Crippen LogP) is 2.03. The minimum Gasteiger partial charge on any atom is -0.299 e. The molecule has 1 heteroatoms. The molecule has 5 aliphatic carbocycles. The van der Waals surface area contributed by atoms with Gasteiger partial charge in [-0.1, -0.05) is 12.2 Å². The summed E-state index contributed by atoms with van der Waals surface area (Å²) in [5.74, 6) is 4.98. The van der Waals surface area contributed by atoms with E-state index in [-0.39, 0.29) is 0 Å². The molecule has 0 saturated heterocycles. The Morgan fingerprint density at radius 2 is 1.85 bits per heavy atom. The minimum absolute atomic E-state index is 0.481. The first kappa shape index (κ1) is 6.80. The Labute approximate surface area is 78.2 Å². The number of ketones is 1. The van der Waals surface area contributed by atoms with E-state index in [1.54, 1.807) is 0 Å². The van der Waals surface area contributed by atoms with Crippen LogP contribution in [0.5, 0.6) is 0 Å². The Bertz CT molecular complexity index is 317. The monoisotopic (exact) mass is 174 g/mol. The number of rotatable bonds is 0. The van der Waals surface area contributed by atoms with Crippen molar-refractivity contribution in [2.45, 2.75) is 19.3 Å². The van der Waals surface area contributed by atoms with Gasteiger partial charge in [-0.25, -0.2) is 0 Å². The molecule has 4 saturated carbocycles. The highest BCUT2D eigenvalue weighted by Crippen LogP contribution is 2.70. The predicted molar refractivity (Wildman–Crippen MR) is 48.9 cm³/mol. The lowest BCUT2D eigenvalue weighted by atomic mass is 9.64. The molecule has 0 aromatic rings. The van der Waals surface area contributed by atoms with Crippen molar-refractivity contribution in [1.29, 1.82) is 0 Å². The Morgan fingerprint density at radius 1 is 1.08 bits per heavy atom. The summed E-state index contributed by atoms with van der Waals surface area (Å²) < 4.78 is 0. The van der Waals surface area contributed by atoms with E-state index in [2.05, 4.69) is 12.2 Å². The van der Waals surface area contributed by atoms with Crippen LogP contribution in [0.4, 0.5) is 0 Å². The molecule has 0 spiro atoms. The minimum atomic E-state index is 0.481. The smallest absolute Gasteiger partial charge is 0.139 e. The third-order valence-corrected chi connectivity index (χ3v) is 4.99. The highest BCUT2D eigenvalue weighted by Gasteiger charge is 2.70. The van der Waals surface area contributed by atoms with Gasteiger partial charge in [0, 0.05) is 11.8 Å². The lowest BCUT2D eigenvalue weighted by molar-refractivity contribution is -0.128. The maximum Gasteiger partial charge on any atom is 0.139 e. The quantitative estimate of drug-likeness (QED) is 0.513. The van der Waals surface area contributed by atoms with Crippen molar-refractivity contribution in [2.24, 2.45) is 35.5 Å². The maximum atomic E-state index is 11.8. The van der Waals surface area contributed by atoms with E-state index in [0.29, 0.717) is 17.6 Å². The fraction of sp³-hybridized carbons (Fsp3) is 0.750. The molecular weight excluding hydrogens is 160 g/mol. The summed E-state index contributed by atoms with van der Waals surface area (Å²) in [6.45, 7) is 0. The summed E-state index contributed by atoms with van der Waals surface area (Å²) in [5, 5.41) is 0. The van der Waals surface area contributed by atoms with Gasteiger partial charge in [-0.2, -0.15) is 0 Å². The number of carbonyl (C=O) groups is 1. The largest absolute Gasteiger partial charge is 0.299 e. The molecule has 0 radical (unpaired) electrons. The van der Waals surface area contributed by atoms with Gasteiger partial charge < -0.3 is 0 Å². The van der Waals surface area contributed by atoms with Crippen LogP contribution in [0.2, 0.25) is 0 Å². The first-order valence-corrected chi connectivity index (χ1v) is 5.56. The van der Waals surface area contributed by atoms with E-state index in [0.717, 1.165) is 23.7 Å². The van der Waals surface area contributed by atoms with Crippen molar-refractivity contribution in [1.82, 2.24) is 0 Å². The Hall–Kier alpha value is -0.590. The summed E-state index contributed by atoms with van der Waals surface area (Å²) >= 11 is 0. The molecule has 4 bridgehead atoms. The number of carbonyl (C=O) groups excluding carboxylic acids is 1. The fourth-order valence-electron chi connectivity index (χ4n) is 4.49. The van der Waals surface area contributed by atoms with Gasteiger partial charge in [0.1, 0.15) is 5.78 Å². The fourth-order valence-corrected chi connectivity index (χ4v) is 4.49. The maximum absolute atomic E-state index is 11.8. The Balaban J connectivity index is 1.79. The van der Waals surface area contributed by atoms with Crippen LogP contribution < -0.4 is 0 Å². The number of allylic oxidation sites excluding steroid dienone is 2. The average Bonchev–Trinajstić information content (AvgIpc) is 2.83. The van der Waals surface area contributed by atoms with E-state index in [9.17, 15) is 4.79 Å². The van der Waals surface area contributed by atoms with Crippen LogP contribution in [0.25, 0.3) is 0 Å². The second kappa shape index (κ2) is 1.92. The molecule has 68 valence electrons. The molecule has 6 atom stereocenters. The third-order valence-electron chi connectivity index (χ3n) is 4.99. The van der Waals surface area contributed by atoms with Crippen molar-refractivity contribution in [2.75, 3.05) is 0 Å². The second-order valence-corrected chi connectivity index (χ2v) is 5.28. The summed E-state index contributed by atoms with van der Waals surface area (Å²) in [7, 11) is 0. The molecule has 0 N–H and O–H groups in total. The van der Waals surface area contributed by atoms with E-state index in [1.165, 1.54) is 19.3 Å². The lowest BCUT2D eigenvalue weighted by Crippen LogP contribution is -2.38. The Kier molecular flexibility index (Phi) is 1.00. The summed E-state index contributed by atoms with van der Waals surface area (Å²) in [6, 6.07) is 0. The number of hydrogen-bond donors (Lipinski definition) is 0. The zero-order valence-electron chi connectivity index (χ0n) is 7.65. The summed E-state index contributed by atoms with van der Waals surface area (Å²) in [6.07, 6.45) is 8.35. The first-order chi connectivity index (χ1) is 6.38. The second-order valence-electron chi connectivity index (χ2n) is 5.28. The van der Waals surface area contributed by atoms with Crippen LogP contribution in [0, 0.1) is 35.5 Å². The molecule has 0 heterocycles.